The van der Waals surface area contributed by atoms with Gasteiger partial charge < -0.3 is 10.1 Å². The van der Waals surface area contributed by atoms with E-state index < -0.39 is 23.6 Å². The number of carbonyl (C=O) groups excluding carboxylic acids is 1. The maximum Gasteiger partial charge on any atom is 0.217 e. The summed E-state index contributed by atoms with van der Waals surface area (Å²) in [5.41, 5.74) is 0.583. The van der Waals surface area contributed by atoms with E-state index in [2.05, 4.69) is 5.32 Å². The zero-order valence-electron chi connectivity index (χ0n) is 14.6. The quantitative estimate of drug-likeness (QED) is 0.805. The summed E-state index contributed by atoms with van der Waals surface area (Å²) >= 11 is 5.85. The van der Waals surface area contributed by atoms with Crippen molar-refractivity contribution in [3.63, 3.8) is 0 Å². The van der Waals surface area contributed by atoms with Crippen LogP contribution < -0.4 is 5.32 Å². The van der Waals surface area contributed by atoms with Crippen LogP contribution >= 0.6 is 11.6 Å². The van der Waals surface area contributed by atoms with Gasteiger partial charge in [0.1, 0.15) is 11.6 Å². The summed E-state index contributed by atoms with van der Waals surface area (Å²) in [7, 11) is 0. The zero-order valence-corrected chi connectivity index (χ0v) is 15.3. The SMILES string of the molecule is CC(=O)N[C@@]1(C)C[C@@H](c2ccc(F)cc2)O[C@@H](c2ccc(Cl)cc2F)C1. The molecule has 2 aromatic rings. The summed E-state index contributed by atoms with van der Waals surface area (Å²) < 4.78 is 33.8. The number of benzene rings is 2. The van der Waals surface area contributed by atoms with E-state index >= 15 is 0 Å². The molecule has 26 heavy (non-hydrogen) atoms. The number of rotatable bonds is 3. The fourth-order valence-electron chi connectivity index (χ4n) is 3.54. The second kappa shape index (κ2) is 7.33. The normalized spacial score (nSPS) is 25.7. The van der Waals surface area contributed by atoms with Gasteiger partial charge in [-0.2, -0.15) is 0 Å². The molecule has 1 heterocycles. The Kier molecular flexibility index (Phi) is 5.30. The van der Waals surface area contributed by atoms with Crippen molar-refractivity contribution in [3.8, 4) is 0 Å². The highest BCUT2D eigenvalue weighted by Crippen LogP contribution is 2.44. The summed E-state index contributed by atoms with van der Waals surface area (Å²) in [5, 5.41) is 3.27. The minimum atomic E-state index is -0.583. The van der Waals surface area contributed by atoms with Crippen molar-refractivity contribution < 1.29 is 18.3 Å². The standard InChI is InChI=1S/C20H20ClF2NO2/c1-12(25)24-20(2)10-18(13-3-6-15(22)7-4-13)26-19(11-20)16-8-5-14(21)9-17(16)23/h3-9,18-19H,10-11H2,1-2H3,(H,24,25)/t18-,19+,20-/m0/s1. The lowest BCUT2D eigenvalue weighted by molar-refractivity contribution is -0.126. The Morgan fingerprint density at radius 2 is 1.81 bits per heavy atom. The predicted molar refractivity (Wildman–Crippen MR) is 95.8 cm³/mol. The van der Waals surface area contributed by atoms with Gasteiger partial charge in [-0.1, -0.05) is 29.8 Å². The molecule has 1 aliphatic rings. The molecule has 0 unspecified atom stereocenters. The second-order valence-corrected chi connectivity index (χ2v) is 7.42. The molecular weight excluding hydrogens is 360 g/mol. The van der Waals surface area contributed by atoms with E-state index in [0.717, 1.165) is 5.56 Å². The number of halogens is 3. The molecule has 1 saturated heterocycles. The number of hydrogen-bond acceptors (Lipinski definition) is 2. The van der Waals surface area contributed by atoms with Crippen LogP contribution in [0.25, 0.3) is 0 Å². The van der Waals surface area contributed by atoms with Gasteiger partial charge in [0, 0.05) is 35.9 Å². The lowest BCUT2D eigenvalue weighted by Gasteiger charge is -2.43. The van der Waals surface area contributed by atoms with Crippen molar-refractivity contribution in [2.24, 2.45) is 0 Å². The van der Waals surface area contributed by atoms with E-state index in [0.29, 0.717) is 23.4 Å². The predicted octanol–water partition coefficient (Wildman–Crippen LogP) is 5.11. The fourth-order valence-corrected chi connectivity index (χ4v) is 3.70. The Bertz CT molecular complexity index is 812. The third-order valence-electron chi connectivity index (χ3n) is 4.63. The molecule has 3 nitrogen and oxygen atoms in total. The first-order chi connectivity index (χ1) is 12.3. The van der Waals surface area contributed by atoms with Gasteiger partial charge in [-0.3, -0.25) is 4.79 Å². The first-order valence-electron chi connectivity index (χ1n) is 8.40. The Morgan fingerprint density at radius 1 is 1.15 bits per heavy atom. The van der Waals surface area contributed by atoms with Gasteiger partial charge in [-0.25, -0.2) is 8.78 Å². The van der Waals surface area contributed by atoms with Crippen LogP contribution in [0.1, 0.15) is 50.0 Å². The van der Waals surface area contributed by atoms with Gasteiger partial charge in [0.2, 0.25) is 5.91 Å². The van der Waals surface area contributed by atoms with E-state index in [4.69, 9.17) is 16.3 Å². The van der Waals surface area contributed by atoms with E-state index in [9.17, 15) is 13.6 Å². The molecule has 0 aliphatic carbocycles. The van der Waals surface area contributed by atoms with Crippen LogP contribution in [-0.2, 0) is 9.53 Å². The van der Waals surface area contributed by atoms with E-state index in [1.807, 2.05) is 6.92 Å². The highest BCUT2D eigenvalue weighted by molar-refractivity contribution is 6.30. The number of amides is 1. The van der Waals surface area contributed by atoms with Crippen molar-refractivity contribution in [1.29, 1.82) is 0 Å². The summed E-state index contributed by atoms with van der Waals surface area (Å²) in [5.74, 6) is -0.954. The number of carbonyl (C=O) groups is 1. The minimum absolute atomic E-state index is 0.164. The minimum Gasteiger partial charge on any atom is -0.365 e. The summed E-state index contributed by atoms with van der Waals surface area (Å²) in [6.45, 7) is 3.36. The van der Waals surface area contributed by atoms with Gasteiger partial charge in [0.15, 0.2) is 0 Å². The molecule has 0 aromatic heterocycles. The highest BCUT2D eigenvalue weighted by atomic mass is 35.5. The molecule has 0 spiro atoms. The number of hydrogen-bond donors (Lipinski definition) is 1. The van der Waals surface area contributed by atoms with Crippen molar-refractivity contribution in [3.05, 3.63) is 70.2 Å². The molecule has 2 aromatic carbocycles. The summed E-state index contributed by atoms with van der Waals surface area (Å²) in [4.78, 5) is 11.7. The Labute approximate surface area is 156 Å². The van der Waals surface area contributed by atoms with Gasteiger partial charge in [-0.15, -0.1) is 0 Å². The van der Waals surface area contributed by atoms with Crippen LogP contribution in [0.2, 0.25) is 5.02 Å². The third-order valence-corrected chi connectivity index (χ3v) is 4.86. The maximum atomic E-state index is 14.4. The van der Waals surface area contributed by atoms with Crippen LogP contribution in [0.4, 0.5) is 8.78 Å². The largest absolute Gasteiger partial charge is 0.365 e. The van der Waals surface area contributed by atoms with E-state index in [-0.39, 0.29) is 11.7 Å². The third kappa shape index (κ3) is 4.22. The molecule has 0 bridgehead atoms. The van der Waals surface area contributed by atoms with Crippen LogP contribution in [0.5, 0.6) is 0 Å². The molecule has 1 amide bonds. The molecule has 3 rings (SSSR count). The average Bonchev–Trinajstić information content (AvgIpc) is 2.53. The topological polar surface area (TPSA) is 38.3 Å². The fraction of sp³-hybridized carbons (Fsp3) is 0.350. The van der Waals surface area contributed by atoms with Gasteiger partial charge >= 0.3 is 0 Å². The molecular formula is C20H20ClF2NO2. The van der Waals surface area contributed by atoms with Crippen LogP contribution in [-0.4, -0.2) is 11.4 Å². The van der Waals surface area contributed by atoms with Crippen LogP contribution in [0, 0.1) is 11.6 Å². The second-order valence-electron chi connectivity index (χ2n) is 6.98. The van der Waals surface area contributed by atoms with Gasteiger partial charge in [-0.05, 0) is 36.8 Å². The summed E-state index contributed by atoms with van der Waals surface area (Å²) in [6.07, 6.45) is -0.0403. The van der Waals surface area contributed by atoms with Crippen LogP contribution in [0.15, 0.2) is 42.5 Å². The zero-order chi connectivity index (χ0) is 18.9. The smallest absolute Gasteiger partial charge is 0.217 e. The first kappa shape index (κ1) is 18.8. The molecule has 3 atom stereocenters. The molecule has 1 N–H and O–H groups in total. The number of nitrogens with one attached hydrogen (secondary N) is 1. The monoisotopic (exact) mass is 379 g/mol. The average molecular weight is 380 g/mol. The van der Waals surface area contributed by atoms with Crippen LogP contribution in [0.3, 0.4) is 0 Å². The Balaban J connectivity index is 1.96. The lowest BCUT2D eigenvalue weighted by atomic mass is 9.81. The molecule has 1 aliphatic heterocycles. The first-order valence-corrected chi connectivity index (χ1v) is 8.78. The molecule has 6 heteroatoms. The highest BCUT2D eigenvalue weighted by Gasteiger charge is 2.40. The molecule has 0 saturated carbocycles. The summed E-state index contributed by atoms with van der Waals surface area (Å²) in [6, 6.07) is 10.5. The van der Waals surface area contributed by atoms with Gasteiger partial charge in [0.25, 0.3) is 0 Å². The lowest BCUT2D eigenvalue weighted by Crippen LogP contribution is -2.50. The van der Waals surface area contributed by atoms with E-state index in [1.165, 1.54) is 25.1 Å². The van der Waals surface area contributed by atoms with Crippen molar-refractivity contribution in [2.45, 2.75) is 44.4 Å². The molecule has 1 fully saturated rings. The Morgan fingerprint density at radius 3 is 2.42 bits per heavy atom. The number of ether oxygens (including phenoxy) is 1. The van der Waals surface area contributed by atoms with Crippen molar-refractivity contribution in [2.75, 3.05) is 0 Å². The molecule has 0 radical (unpaired) electrons. The van der Waals surface area contributed by atoms with Crippen molar-refractivity contribution in [1.82, 2.24) is 5.32 Å². The van der Waals surface area contributed by atoms with Gasteiger partial charge in [0.05, 0.1) is 12.2 Å². The maximum absolute atomic E-state index is 14.4. The van der Waals surface area contributed by atoms with Crippen molar-refractivity contribution >= 4 is 17.5 Å². The Hall–Kier alpha value is -1.98. The van der Waals surface area contributed by atoms with E-state index in [1.54, 1.807) is 24.3 Å². The molecule has 138 valence electrons.